The third-order valence-electron chi connectivity index (χ3n) is 3.36. The monoisotopic (exact) mass is 287 g/mol. The average Bonchev–Trinajstić information content (AvgIpc) is 2.92. The fraction of sp³-hybridized carbons (Fsp3) is 0.471. The summed E-state index contributed by atoms with van der Waals surface area (Å²) >= 11 is 0. The molecule has 1 aromatic carbocycles. The van der Waals surface area contributed by atoms with E-state index in [1.54, 1.807) is 6.20 Å². The van der Waals surface area contributed by atoms with Gasteiger partial charge in [-0.1, -0.05) is 26.0 Å². The number of rotatable bonds is 8. The van der Waals surface area contributed by atoms with Gasteiger partial charge in [0.2, 0.25) is 0 Å². The number of aryl methyl sites for hydroxylation is 1. The first-order valence-corrected chi connectivity index (χ1v) is 7.76. The Morgan fingerprint density at radius 1 is 1.24 bits per heavy atom. The van der Waals surface area contributed by atoms with Crippen LogP contribution < -0.4 is 10.1 Å². The molecule has 1 heterocycles. The third kappa shape index (κ3) is 4.60. The number of benzene rings is 1. The van der Waals surface area contributed by atoms with E-state index >= 15 is 0 Å². The molecule has 0 radical (unpaired) electrons. The SMILES string of the molecule is CCCNC(C)c1cccc(Oc2cnn(CCC)c2)c1. The summed E-state index contributed by atoms with van der Waals surface area (Å²) in [4.78, 5) is 0. The fourth-order valence-electron chi connectivity index (χ4n) is 2.21. The lowest BCUT2D eigenvalue weighted by molar-refractivity contribution is 0.477. The first kappa shape index (κ1) is 15.6. The standard InChI is InChI=1S/C17H25N3O/c1-4-9-18-14(3)15-7-6-8-16(11-15)21-17-12-19-20(13-17)10-5-2/h6-8,11-14,18H,4-5,9-10H2,1-3H3. The van der Waals surface area contributed by atoms with Crippen LogP contribution in [0.4, 0.5) is 0 Å². The molecule has 1 aromatic heterocycles. The smallest absolute Gasteiger partial charge is 0.165 e. The van der Waals surface area contributed by atoms with Crippen molar-refractivity contribution < 1.29 is 4.74 Å². The van der Waals surface area contributed by atoms with E-state index in [4.69, 9.17) is 4.74 Å². The second kappa shape index (κ2) is 7.84. The van der Waals surface area contributed by atoms with Crippen LogP contribution in [0.1, 0.15) is 45.2 Å². The van der Waals surface area contributed by atoms with Gasteiger partial charge < -0.3 is 10.1 Å². The first-order valence-electron chi connectivity index (χ1n) is 7.76. The minimum atomic E-state index is 0.330. The fourth-order valence-corrected chi connectivity index (χ4v) is 2.21. The summed E-state index contributed by atoms with van der Waals surface area (Å²) in [6.45, 7) is 8.43. The first-order chi connectivity index (χ1) is 10.2. The normalized spacial score (nSPS) is 12.3. The Morgan fingerprint density at radius 3 is 2.86 bits per heavy atom. The summed E-state index contributed by atoms with van der Waals surface area (Å²) in [5.74, 6) is 1.64. The largest absolute Gasteiger partial charge is 0.454 e. The van der Waals surface area contributed by atoms with E-state index in [-0.39, 0.29) is 0 Å². The lowest BCUT2D eigenvalue weighted by Crippen LogP contribution is -2.19. The highest BCUT2D eigenvalue weighted by Gasteiger charge is 2.06. The molecule has 1 N–H and O–H groups in total. The molecule has 21 heavy (non-hydrogen) atoms. The van der Waals surface area contributed by atoms with Crippen molar-refractivity contribution >= 4 is 0 Å². The van der Waals surface area contributed by atoms with Crippen LogP contribution in [-0.2, 0) is 6.54 Å². The van der Waals surface area contributed by atoms with Crippen LogP contribution in [0.3, 0.4) is 0 Å². The molecular formula is C17H25N3O. The highest BCUT2D eigenvalue weighted by Crippen LogP contribution is 2.24. The van der Waals surface area contributed by atoms with Gasteiger partial charge in [0.15, 0.2) is 5.75 Å². The molecule has 2 aromatic rings. The molecule has 4 nitrogen and oxygen atoms in total. The molecule has 0 aliphatic rings. The van der Waals surface area contributed by atoms with E-state index in [1.807, 2.05) is 23.0 Å². The van der Waals surface area contributed by atoms with E-state index in [0.717, 1.165) is 37.4 Å². The van der Waals surface area contributed by atoms with Crippen molar-refractivity contribution in [2.45, 2.75) is 46.2 Å². The van der Waals surface area contributed by atoms with Crippen molar-refractivity contribution in [1.82, 2.24) is 15.1 Å². The maximum Gasteiger partial charge on any atom is 0.165 e. The van der Waals surface area contributed by atoms with E-state index in [1.165, 1.54) is 5.56 Å². The van der Waals surface area contributed by atoms with Gasteiger partial charge in [-0.05, 0) is 44.0 Å². The Hall–Kier alpha value is -1.81. The second-order valence-electron chi connectivity index (χ2n) is 5.29. The predicted octanol–water partition coefficient (Wildman–Crippen LogP) is 4.15. The Balaban J connectivity index is 2.02. The van der Waals surface area contributed by atoms with Gasteiger partial charge in [0, 0.05) is 12.6 Å². The van der Waals surface area contributed by atoms with Gasteiger partial charge in [-0.15, -0.1) is 0 Å². The second-order valence-corrected chi connectivity index (χ2v) is 5.29. The van der Waals surface area contributed by atoms with Gasteiger partial charge in [0.05, 0.1) is 12.4 Å². The molecule has 0 amide bonds. The molecule has 0 aliphatic heterocycles. The van der Waals surface area contributed by atoms with Crippen molar-refractivity contribution in [1.29, 1.82) is 0 Å². The molecule has 1 unspecified atom stereocenters. The Kier molecular flexibility index (Phi) is 5.81. The molecule has 2 rings (SSSR count). The number of hydrogen-bond acceptors (Lipinski definition) is 3. The van der Waals surface area contributed by atoms with Crippen molar-refractivity contribution in [3.8, 4) is 11.5 Å². The number of nitrogens with zero attached hydrogens (tertiary/aromatic N) is 2. The minimum absolute atomic E-state index is 0.330. The van der Waals surface area contributed by atoms with E-state index in [9.17, 15) is 0 Å². The number of ether oxygens (including phenoxy) is 1. The summed E-state index contributed by atoms with van der Waals surface area (Å²) < 4.78 is 7.80. The highest BCUT2D eigenvalue weighted by molar-refractivity contribution is 5.33. The molecule has 0 aliphatic carbocycles. The number of aromatic nitrogens is 2. The van der Waals surface area contributed by atoms with Crippen LogP contribution in [0.2, 0.25) is 0 Å². The Bertz CT molecular complexity index is 550. The van der Waals surface area contributed by atoms with Crippen molar-refractivity contribution in [2.24, 2.45) is 0 Å². The van der Waals surface area contributed by atoms with Crippen molar-refractivity contribution in [3.05, 3.63) is 42.2 Å². The van der Waals surface area contributed by atoms with Gasteiger partial charge in [0.1, 0.15) is 5.75 Å². The summed E-state index contributed by atoms with van der Waals surface area (Å²) in [5, 5.41) is 7.77. The highest BCUT2D eigenvalue weighted by atomic mass is 16.5. The number of hydrogen-bond donors (Lipinski definition) is 1. The third-order valence-corrected chi connectivity index (χ3v) is 3.36. The Labute approximate surface area is 127 Å². The summed E-state index contributed by atoms with van der Waals surface area (Å²) in [6, 6.07) is 8.56. The molecule has 0 saturated carbocycles. The summed E-state index contributed by atoms with van der Waals surface area (Å²) in [5.41, 5.74) is 1.24. The average molecular weight is 287 g/mol. The van der Waals surface area contributed by atoms with Crippen LogP contribution in [0, 0.1) is 0 Å². The molecule has 1 atom stereocenters. The number of nitrogens with one attached hydrogen (secondary N) is 1. The molecule has 0 fully saturated rings. The van der Waals surface area contributed by atoms with Crippen LogP contribution in [0.25, 0.3) is 0 Å². The molecule has 4 heteroatoms. The Morgan fingerprint density at radius 2 is 2.10 bits per heavy atom. The van der Waals surface area contributed by atoms with Gasteiger partial charge in [-0.3, -0.25) is 4.68 Å². The lowest BCUT2D eigenvalue weighted by Gasteiger charge is -2.14. The maximum atomic E-state index is 5.89. The maximum absolute atomic E-state index is 5.89. The molecule has 0 spiro atoms. The van der Waals surface area contributed by atoms with Crippen LogP contribution in [0.15, 0.2) is 36.7 Å². The molecule has 114 valence electrons. The lowest BCUT2D eigenvalue weighted by atomic mass is 10.1. The van der Waals surface area contributed by atoms with Crippen LogP contribution in [0.5, 0.6) is 11.5 Å². The van der Waals surface area contributed by atoms with Gasteiger partial charge >= 0.3 is 0 Å². The van der Waals surface area contributed by atoms with Crippen molar-refractivity contribution in [2.75, 3.05) is 6.54 Å². The zero-order valence-electron chi connectivity index (χ0n) is 13.2. The van der Waals surface area contributed by atoms with Crippen molar-refractivity contribution in [3.63, 3.8) is 0 Å². The summed E-state index contributed by atoms with van der Waals surface area (Å²) in [6.07, 6.45) is 5.91. The zero-order chi connectivity index (χ0) is 15.1. The predicted molar refractivity (Wildman–Crippen MR) is 85.7 cm³/mol. The minimum Gasteiger partial charge on any atom is -0.454 e. The summed E-state index contributed by atoms with van der Waals surface area (Å²) in [7, 11) is 0. The van der Waals surface area contributed by atoms with Gasteiger partial charge in [0.25, 0.3) is 0 Å². The zero-order valence-corrected chi connectivity index (χ0v) is 13.2. The molecule has 0 saturated heterocycles. The van der Waals surface area contributed by atoms with Crippen LogP contribution >= 0.6 is 0 Å². The van der Waals surface area contributed by atoms with Crippen LogP contribution in [-0.4, -0.2) is 16.3 Å². The topological polar surface area (TPSA) is 39.1 Å². The van der Waals surface area contributed by atoms with Gasteiger partial charge in [-0.25, -0.2) is 0 Å². The molecule has 0 bridgehead atoms. The van der Waals surface area contributed by atoms with E-state index < -0.39 is 0 Å². The van der Waals surface area contributed by atoms with E-state index in [2.05, 4.69) is 43.3 Å². The van der Waals surface area contributed by atoms with E-state index in [0.29, 0.717) is 6.04 Å². The van der Waals surface area contributed by atoms with Gasteiger partial charge in [-0.2, -0.15) is 5.10 Å². The quantitative estimate of drug-likeness (QED) is 0.793. The molecular weight excluding hydrogens is 262 g/mol.